The van der Waals surface area contributed by atoms with E-state index in [9.17, 15) is 0 Å². The fourth-order valence-electron chi connectivity index (χ4n) is 4.62. The lowest BCUT2D eigenvalue weighted by molar-refractivity contribution is 0.254. The molecule has 0 bridgehead atoms. The molecular formula is C26H31Cl2N5. The van der Waals surface area contributed by atoms with Crippen LogP contribution in [0.1, 0.15) is 69.4 Å². The number of allylic oxidation sites excluding steroid dienone is 1. The predicted molar refractivity (Wildman–Crippen MR) is 137 cm³/mol. The maximum atomic E-state index is 6.42. The molecule has 174 valence electrons. The number of hydrogen-bond donors (Lipinski definition) is 1. The third-order valence-electron chi connectivity index (χ3n) is 6.47. The van der Waals surface area contributed by atoms with Gasteiger partial charge in [-0.1, -0.05) is 93.2 Å². The molecule has 1 aromatic heterocycles. The Bertz CT molecular complexity index is 1140. The van der Waals surface area contributed by atoms with Gasteiger partial charge in [-0.25, -0.2) is 4.68 Å². The highest BCUT2D eigenvalue weighted by atomic mass is 35.5. The van der Waals surface area contributed by atoms with Crippen molar-refractivity contribution < 1.29 is 0 Å². The largest absolute Gasteiger partial charge is 0.372 e. The highest BCUT2D eigenvalue weighted by molar-refractivity contribution is 6.35. The van der Waals surface area contributed by atoms with Gasteiger partial charge in [0.05, 0.1) is 11.6 Å². The average Bonchev–Trinajstić information content (AvgIpc) is 3.41. The number of hydrogen-bond acceptors (Lipinski definition) is 4. The van der Waals surface area contributed by atoms with Gasteiger partial charge in [0.25, 0.3) is 0 Å². The van der Waals surface area contributed by atoms with Crippen LogP contribution in [0, 0.1) is 12.3 Å². The second-order valence-electron chi connectivity index (χ2n) is 10.0. The Morgan fingerprint density at radius 3 is 2.48 bits per heavy atom. The monoisotopic (exact) mass is 483 g/mol. The molecule has 1 atom stereocenters. The topological polar surface area (TPSA) is 55.6 Å². The number of tetrazole rings is 1. The van der Waals surface area contributed by atoms with Gasteiger partial charge in [-0.15, -0.1) is 5.10 Å². The van der Waals surface area contributed by atoms with E-state index < -0.39 is 0 Å². The highest BCUT2D eigenvalue weighted by Gasteiger charge is 2.43. The van der Waals surface area contributed by atoms with Gasteiger partial charge in [0.1, 0.15) is 0 Å². The number of rotatable bonds is 6. The lowest BCUT2D eigenvalue weighted by Gasteiger charge is -2.35. The molecule has 33 heavy (non-hydrogen) atoms. The summed E-state index contributed by atoms with van der Waals surface area (Å²) in [6, 6.07) is 13.9. The van der Waals surface area contributed by atoms with Gasteiger partial charge >= 0.3 is 0 Å². The quantitative estimate of drug-likeness (QED) is 0.394. The molecule has 0 spiro atoms. The van der Waals surface area contributed by atoms with E-state index >= 15 is 0 Å². The smallest absolute Gasteiger partial charge is 0.177 e. The number of aromatic nitrogens is 4. The van der Waals surface area contributed by atoms with Gasteiger partial charge < -0.3 is 5.32 Å². The number of benzene rings is 2. The number of nitrogens with zero attached hydrogens (tertiary/aromatic N) is 4. The Morgan fingerprint density at radius 2 is 1.82 bits per heavy atom. The van der Waals surface area contributed by atoms with Crippen LogP contribution in [0.2, 0.25) is 10.0 Å². The molecule has 1 heterocycles. The van der Waals surface area contributed by atoms with Crippen molar-refractivity contribution in [2.75, 3.05) is 5.32 Å². The lowest BCUT2D eigenvalue weighted by atomic mass is 9.85. The molecular weight excluding hydrogens is 453 g/mol. The normalized spacial score (nSPS) is 16.9. The summed E-state index contributed by atoms with van der Waals surface area (Å²) in [5, 5.41) is 18.3. The maximum absolute atomic E-state index is 6.42. The standard InChI is InChI=1S/C26H31Cl2N5/c1-18-9-5-6-10-22(18)29-26(15-7-8-16-26)24-30-31-32-33(24)23(25(2,3)4)14-12-19-11-13-20(27)17-21(19)28/h5-6,9-14,17,23,29H,7-8,15-16H2,1-4H3. The van der Waals surface area contributed by atoms with E-state index in [-0.39, 0.29) is 17.0 Å². The molecule has 2 aromatic carbocycles. The van der Waals surface area contributed by atoms with E-state index in [1.807, 2.05) is 22.9 Å². The number of halogens is 2. The molecule has 1 unspecified atom stereocenters. The zero-order valence-electron chi connectivity index (χ0n) is 19.6. The third-order valence-corrected chi connectivity index (χ3v) is 7.03. The molecule has 1 aliphatic rings. The van der Waals surface area contributed by atoms with Gasteiger partial charge in [-0.3, -0.25) is 0 Å². The molecule has 0 amide bonds. The molecule has 4 rings (SSSR count). The van der Waals surface area contributed by atoms with E-state index in [4.69, 9.17) is 23.2 Å². The van der Waals surface area contributed by atoms with E-state index in [1.54, 1.807) is 6.07 Å². The van der Waals surface area contributed by atoms with Crippen LogP contribution in [0.4, 0.5) is 5.69 Å². The molecule has 0 aliphatic heterocycles. The van der Waals surface area contributed by atoms with Crippen LogP contribution in [-0.4, -0.2) is 20.2 Å². The van der Waals surface area contributed by atoms with Crippen LogP contribution in [0.3, 0.4) is 0 Å². The Kier molecular flexibility index (Phi) is 6.83. The summed E-state index contributed by atoms with van der Waals surface area (Å²) in [6.07, 6.45) is 8.45. The second kappa shape index (κ2) is 9.47. The van der Waals surface area contributed by atoms with Gasteiger partial charge in [-0.05, 0) is 64.9 Å². The number of para-hydroxylation sites is 1. The van der Waals surface area contributed by atoms with E-state index in [1.165, 1.54) is 5.56 Å². The van der Waals surface area contributed by atoms with E-state index in [2.05, 4.69) is 78.9 Å². The van der Waals surface area contributed by atoms with Gasteiger partial charge in [-0.2, -0.15) is 0 Å². The average molecular weight is 484 g/mol. The van der Waals surface area contributed by atoms with Crippen molar-refractivity contribution in [3.8, 4) is 0 Å². The molecule has 3 aromatic rings. The van der Waals surface area contributed by atoms with Crippen molar-refractivity contribution in [3.05, 3.63) is 75.5 Å². The van der Waals surface area contributed by atoms with Crippen molar-refractivity contribution >= 4 is 35.0 Å². The SMILES string of the molecule is Cc1ccccc1NC1(c2nnnn2C(C=Cc2ccc(Cl)cc2Cl)C(C)(C)C)CCCC1. The summed E-state index contributed by atoms with van der Waals surface area (Å²) in [6.45, 7) is 8.73. The molecule has 1 fully saturated rings. The summed E-state index contributed by atoms with van der Waals surface area (Å²) >= 11 is 12.5. The van der Waals surface area contributed by atoms with Crippen LogP contribution in [0.25, 0.3) is 6.08 Å². The Morgan fingerprint density at radius 1 is 1.09 bits per heavy atom. The fraction of sp³-hybridized carbons (Fsp3) is 0.423. The summed E-state index contributed by atoms with van der Waals surface area (Å²) < 4.78 is 2.00. The van der Waals surface area contributed by atoms with Gasteiger partial charge in [0.15, 0.2) is 5.82 Å². The molecule has 0 saturated heterocycles. The third kappa shape index (κ3) is 5.10. The molecule has 1 aliphatic carbocycles. The highest BCUT2D eigenvalue weighted by Crippen LogP contribution is 2.43. The van der Waals surface area contributed by atoms with Crippen LogP contribution in [0.5, 0.6) is 0 Å². The van der Waals surface area contributed by atoms with Crippen molar-refractivity contribution in [1.82, 2.24) is 20.2 Å². The Labute approximate surface area is 206 Å². The summed E-state index contributed by atoms with van der Waals surface area (Å²) in [4.78, 5) is 0. The Hall–Kier alpha value is -2.37. The number of nitrogens with one attached hydrogen (secondary N) is 1. The van der Waals surface area contributed by atoms with Crippen LogP contribution in [0.15, 0.2) is 48.5 Å². The first kappa shape index (κ1) is 23.8. The number of aryl methyl sites for hydroxylation is 1. The Balaban J connectivity index is 1.74. The fourth-order valence-corrected chi connectivity index (χ4v) is 5.09. The summed E-state index contributed by atoms with van der Waals surface area (Å²) in [7, 11) is 0. The first-order valence-electron chi connectivity index (χ1n) is 11.4. The van der Waals surface area contributed by atoms with E-state index in [0.717, 1.165) is 42.8 Å². The molecule has 7 heteroatoms. The first-order chi connectivity index (χ1) is 15.7. The predicted octanol–water partition coefficient (Wildman–Crippen LogP) is 7.47. The molecule has 5 nitrogen and oxygen atoms in total. The zero-order valence-corrected chi connectivity index (χ0v) is 21.2. The minimum absolute atomic E-state index is 0.0645. The maximum Gasteiger partial charge on any atom is 0.177 e. The van der Waals surface area contributed by atoms with E-state index in [0.29, 0.717) is 10.0 Å². The first-order valence-corrected chi connectivity index (χ1v) is 12.2. The van der Waals surface area contributed by atoms with Crippen molar-refractivity contribution in [1.29, 1.82) is 0 Å². The molecule has 1 N–H and O–H groups in total. The lowest BCUT2D eigenvalue weighted by Crippen LogP contribution is -2.38. The van der Waals surface area contributed by atoms with Crippen molar-refractivity contribution in [2.24, 2.45) is 5.41 Å². The second-order valence-corrected chi connectivity index (χ2v) is 10.9. The molecule has 0 radical (unpaired) electrons. The summed E-state index contributed by atoms with van der Waals surface area (Å²) in [5.74, 6) is 0.884. The zero-order chi connectivity index (χ0) is 23.6. The van der Waals surface area contributed by atoms with Crippen LogP contribution >= 0.6 is 23.2 Å². The van der Waals surface area contributed by atoms with Gasteiger partial charge in [0, 0.05) is 15.7 Å². The van der Waals surface area contributed by atoms with Crippen LogP contribution in [-0.2, 0) is 5.54 Å². The minimum Gasteiger partial charge on any atom is -0.372 e. The van der Waals surface area contributed by atoms with Crippen molar-refractivity contribution in [3.63, 3.8) is 0 Å². The summed E-state index contributed by atoms with van der Waals surface area (Å²) in [5.41, 5.74) is 2.84. The van der Waals surface area contributed by atoms with Crippen LogP contribution < -0.4 is 5.32 Å². The van der Waals surface area contributed by atoms with Crippen molar-refractivity contribution in [2.45, 2.75) is 65.0 Å². The minimum atomic E-state index is -0.301. The van der Waals surface area contributed by atoms with Gasteiger partial charge in [0.2, 0.25) is 0 Å². The number of anilines is 1. The molecule has 1 saturated carbocycles.